The van der Waals surface area contributed by atoms with E-state index in [1.165, 1.54) is 6.07 Å². The Kier molecular flexibility index (Phi) is 5.60. The van der Waals surface area contributed by atoms with E-state index in [1.54, 1.807) is 23.4 Å². The Bertz CT molecular complexity index is 587. The molecule has 1 heterocycles. The zero-order chi connectivity index (χ0) is 15.5. The summed E-state index contributed by atoms with van der Waals surface area (Å²) in [5.74, 6) is -0.269. The van der Waals surface area contributed by atoms with Crippen LogP contribution in [0.4, 0.5) is 4.39 Å². The summed E-state index contributed by atoms with van der Waals surface area (Å²) in [4.78, 5) is 0. The topological polar surface area (TPSA) is 49.4 Å². The van der Waals surface area contributed by atoms with Crippen molar-refractivity contribution in [1.29, 1.82) is 0 Å². The molecule has 1 aliphatic rings. The lowest BCUT2D eigenvalue weighted by Gasteiger charge is -2.31. The third-order valence-electron chi connectivity index (χ3n) is 3.79. The van der Waals surface area contributed by atoms with Crippen LogP contribution in [0.25, 0.3) is 0 Å². The summed E-state index contributed by atoms with van der Waals surface area (Å²) < 4.78 is 38.4. The van der Waals surface area contributed by atoms with Crippen LogP contribution in [0.3, 0.4) is 0 Å². The van der Waals surface area contributed by atoms with Crippen LogP contribution in [0.2, 0.25) is 5.02 Å². The molecule has 0 aromatic heterocycles. The number of rotatable bonds is 5. The molecule has 1 aliphatic heterocycles. The standard InChI is InChI=1S/C14H20ClFN2O2S/c1-2-21(19,20)18-7-5-12(6-8-18)17-10-11-3-4-13(15)14(16)9-11/h3-4,9,12,17H,2,5-8,10H2,1H3. The molecule has 0 saturated carbocycles. The van der Waals surface area contributed by atoms with Crippen molar-refractivity contribution in [3.05, 3.63) is 34.6 Å². The molecule has 0 amide bonds. The highest BCUT2D eigenvalue weighted by molar-refractivity contribution is 7.89. The largest absolute Gasteiger partial charge is 0.310 e. The van der Waals surface area contributed by atoms with E-state index >= 15 is 0 Å². The fourth-order valence-electron chi connectivity index (χ4n) is 2.43. The monoisotopic (exact) mass is 334 g/mol. The first-order valence-electron chi connectivity index (χ1n) is 7.07. The molecule has 0 spiro atoms. The molecule has 7 heteroatoms. The summed E-state index contributed by atoms with van der Waals surface area (Å²) in [5.41, 5.74) is 0.834. The minimum atomic E-state index is -3.08. The molecule has 0 unspecified atom stereocenters. The Hall–Kier alpha value is -0.690. The van der Waals surface area contributed by atoms with Gasteiger partial charge in [0.2, 0.25) is 10.0 Å². The molecule has 4 nitrogen and oxygen atoms in total. The first-order chi connectivity index (χ1) is 9.92. The number of nitrogens with one attached hydrogen (secondary N) is 1. The summed E-state index contributed by atoms with van der Waals surface area (Å²) in [6, 6.07) is 5.01. The molecule has 1 fully saturated rings. The molecule has 1 aromatic rings. The first kappa shape index (κ1) is 16.7. The zero-order valence-corrected chi connectivity index (χ0v) is 13.6. The summed E-state index contributed by atoms with van der Waals surface area (Å²) in [5, 5.41) is 3.47. The van der Waals surface area contributed by atoms with Crippen molar-refractivity contribution in [1.82, 2.24) is 9.62 Å². The molecular formula is C14H20ClFN2O2S. The fraction of sp³-hybridized carbons (Fsp3) is 0.571. The van der Waals surface area contributed by atoms with Crippen LogP contribution in [0.5, 0.6) is 0 Å². The number of piperidine rings is 1. The Balaban J connectivity index is 1.82. The van der Waals surface area contributed by atoms with Gasteiger partial charge in [-0.05, 0) is 37.5 Å². The molecule has 118 valence electrons. The van der Waals surface area contributed by atoms with Gasteiger partial charge in [-0.3, -0.25) is 0 Å². The molecule has 1 saturated heterocycles. The lowest BCUT2D eigenvalue weighted by molar-refractivity contribution is 0.289. The molecule has 1 aromatic carbocycles. The van der Waals surface area contributed by atoms with Crippen LogP contribution in [-0.4, -0.2) is 37.6 Å². The molecule has 0 atom stereocenters. The molecule has 0 aliphatic carbocycles. The van der Waals surface area contributed by atoms with Crippen LogP contribution in [0.15, 0.2) is 18.2 Å². The van der Waals surface area contributed by atoms with E-state index in [0.717, 1.165) is 18.4 Å². The van der Waals surface area contributed by atoms with E-state index in [2.05, 4.69) is 5.32 Å². The lowest BCUT2D eigenvalue weighted by atomic mass is 10.1. The minimum absolute atomic E-state index is 0.122. The molecule has 0 bridgehead atoms. The second-order valence-electron chi connectivity index (χ2n) is 5.20. The van der Waals surface area contributed by atoms with E-state index in [-0.39, 0.29) is 16.8 Å². The van der Waals surface area contributed by atoms with Gasteiger partial charge in [-0.2, -0.15) is 0 Å². The van der Waals surface area contributed by atoms with E-state index in [1.807, 2.05) is 0 Å². The Morgan fingerprint density at radius 3 is 2.62 bits per heavy atom. The quantitative estimate of drug-likeness (QED) is 0.899. The highest BCUT2D eigenvalue weighted by Gasteiger charge is 2.26. The van der Waals surface area contributed by atoms with Crippen molar-refractivity contribution in [2.45, 2.75) is 32.4 Å². The summed E-state index contributed by atoms with van der Waals surface area (Å²) >= 11 is 5.64. The first-order valence-corrected chi connectivity index (χ1v) is 9.06. The van der Waals surface area contributed by atoms with Crippen molar-refractivity contribution in [2.75, 3.05) is 18.8 Å². The van der Waals surface area contributed by atoms with Gasteiger partial charge in [-0.1, -0.05) is 17.7 Å². The molecule has 21 heavy (non-hydrogen) atoms. The average molecular weight is 335 g/mol. The smallest absolute Gasteiger partial charge is 0.213 e. The summed E-state index contributed by atoms with van der Waals surface area (Å²) in [7, 11) is -3.08. The average Bonchev–Trinajstić information content (AvgIpc) is 2.49. The van der Waals surface area contributed by atoms with Gasteiger partial charge in [0.1, 0.15) is 5.82 Å². The SMILES string of the molecule is CCS(=O)(=O)N1CCC(NCc2ccc(Cl)c(F)c2)CC1. The van der Waals surface area contributed by atoms with Crippen molar-refractivity contribution < 1.29 is 12.8 Å². The number of halogens is 2. The zero-order valence-electron chi connectivity index (χ0n) is 12.0. The molecule has 2 rings (SSSR count). The van der Waals surface area contributed by atoms with Crippen LogP contribution >= 0.6 is 11.6 Å². The number of hydrogen-bond acceptors (Lipinski definition) is 3. The molecule has 1 N–H and O–H groups in total. The predicted octanol–water partition coefficient (Wildman–Crippen LogP) is 2.38. The van der Waals surface area contributed by atoms with Crippen molar-refractivity contribution in [2.24, 2.45) is 0 Å². The van der Waals surface area contributed by atoms with Crippen LogP contribution in [-0.2, 0) is 16.6 Å². The predicted molar refractivity (Wildman–Crippen MR) is 82.3 cm³/mol. The van der Waals surface area contributed by atoms with Gasteiger partial charge in [0.05, 0.1) is 10.8 Å². The second-order valence-corrected chi connectivity index (χ2v) is 7.87. The summed E-state index contributed by atoms with van der Waals surface area (Å²) in [6.45, 7) is 3.31. The number of nitrogens with zero attached hydrogens (tertiary/aromatic N) is 1. The second kappa shape index (κ2) is 7.05. The van der Waals surface area contributed by atoms with Crippen molar-refractivity contribution in [3.63, 3.8) is 0 Å². The minimum Gasteiger partial charge on any atom is -0.310 e. The van der Waals surface area contributed by atoms with Gasteiger partial charge in [0.15, 0.2) is 0 Å². The Morgan fingerprint density at radius 2 is 2.05 bits per heavy atom. The highest BCUT2D eigenvalue weighted by atomic mass is 35.5. The van der Waals surface area contributed by atoms with Crippen LogP contribution in [0.1, 0.15) is 25.3 Å². The lowest BCUT2D eigenvalue weighted by Crippen LogP contribution is -2.45. The highest BCUT2D eigenvalue weighted by Crippen LogP contribution is 2.17. The normalized spacial score (nSPS) is 18.0. The van der Waals surface area contributed by atoms with Crippen LogP contribution in [0, 0.1) is 5.82 Å². The van der Waals surface area contributed by atoms with Gasteiger partial charge in [-0.15, -0.1) is 0 Å². The van der Waals surface area contributed by atoms with Gasteiger partial charge in [0, 0.05) is 25.7 Å². The maximum absolute atomic E-state index is 13.3. The van der Waals surface area contributed by atoms with Gasteiger partial charge < -0.3 is 5.32 Å². The number of benzene rings is 1. The van der Waals surface area contributed by atoms with Crippen molar-refractivity contribution >= 4 is 21.6 Å². The third-order valence-corrected chi connectivity index (χ3v) is 5.98. The molecular weight excluding hydrogens is 315 g/mol. The van der Waals surface area contributed by atoms with Crippen molar-refractivity contribution in [3.8, 4) is 0 Å². The number of hydrogen-bond donors (Lipinski definition) is 1. The van der Waals surface area contributed by atoms with E-state index in [4.69, 9.17) is 11.6 Å². The van der Waals surface area contributed by atoms with E-state index in [9.17, 15) is 12.8 Å². The third kappa shape index (κ3) is 4.39. The maximum Gasteiger partial charge on any atom is 0.213 e. The van der Waals surface area contributed by atoms with Gasteiger partial charge >= 0.3 is 0 Å². The maximum atomic E-state index is 13.3. The summed E-state index contributed by atoms with van der Waals surface area (Å²) in [6.07, 6.45) is 1.55. The molecule has 0 radical (unpaired) electrons. The van der Waals surface area contributed by atoms with Gasteiger partial charge in [0.25, 0.3) is 0 Å². The Labute approximate surface area is 130 Å². The number of sulfonamides is 1. The van der Waals surface area contributed by atoms with Gasteiger partial charge in [-0.25, -0.2) is 17.1 Å². The van der Waals surface area contributed by atoms with E-state index in [0.29, 0.717) is 19.6 Å². The Morgan fingerprint density at radius 1 is 1.38 bits per heavy atom. The fourth-order valence-corrected chi connectivity index (χ4v) is 3.68. The van der Waals surface area contributed by atoms with Crippen LogP contribution < -0.4 is 5.32 Å². The van der Waals surface area contributed by atoms with E-state index < -0.39 is 15.8 Å².